The predicted octanol–water partition coefficient (Wildman–Crippen LogP) is 2.58. The second-order valence-corrected chi connectivity index (χ2v) is 4.58. The van der Waals surface area contributed by atoms with Gasteiger partial charge in [-0.15, -0.1) is 0 Å². The van der Waals surface area contributed by atoms with Gasteiger partial charge in [-0.2, -0.15) is 0 Å². The van der Waals surface area contributed by atoms with Crippen LogP contribution in [0.2, 0.25) is 0 Å². The maximum absolute atomic E-state index is 11.4. The monoisotopic (exact) mass is 286 g/mol. The number of aryl methyl sites for hydroxylation is 1. The number of carbonyl (C=O) groups is 1. The molecule has 21 heavy (non-hydrogen) atoms. The Morgan fingerprint density at radius 2 is 1.90 bits per heavy atom. The number of ether oxygens (including phenoxy) is 1. The van der Waals surface area contributed by atoms with Crippen molar-refractivity contribution < 1.29 is 14.5 Å². The molecule has 1 amide bonds. The number of hydrogen-bond donors (Lipinski definition) is 1. The summed E-state index contributed by atoms with van der Waals surface area (Å²) in [7, 11) is 0. The Bertz CT molecular complexity index is 681. The molecule has 0 aromatic heterocycles. The lowest BCUT2D eigenvalue weighted by atomic mass is 10.1. The van der Waals surface area contributed by atoms with E-state index in [0.717, 1.165) is 17.2 Å². The van der Waals surface area contributed by atoms with E-state index in [0.29, 0.717) is 0 Å². The Kier molecular flexibility index (Phi) is 4.18. The van der Waals surface area contributed by atoms with E-state index in [2.05, 4.69) is 0 Å². The zero-order chi connectivity index (χ0) is 15.4. The summed E-state index contributed by atoms with van der Waals surface area (Å²) in [6, 6.07) is 11.5. The first kappa shape index (κ1) is 14.5. The molecule has 2 rings (SSSR count). The zero-order valence-electron chi connectivity index (χ0n) is 11.4. The summed E-state index contributed by atoms with van der Waals surface area (Å²) in [4.78, 5) is 21.5. The quantitative estimate of drug-likeness (QED) is 0.675. The number of nitrogens with zero attached hydrogens (tertiary/aromatic N) is 1. The molecule has 0 radical (unpaired) electrons. The van der Waals surface area contributed by atoms with E-state index in [1.807, 2.05) is 31.2 Å². The summed E-state index contributed by atoms with van der Waals surface area (Å²) >= 11 is 0. The summed E-state index contributed by atoms with van der Waals surface area (Å²) in [5, 5.41) is 10.7. The van der Waals surface area contributed by atoms with E-state index >= 15 is 0 Å². The van der Waals surface area contributed by atoms with Gasteiger partial charge in [0.25, 0.3) is 11.6 Å². The lowest BCUT2D eigenvalue weighted by molar-refractivity contribution is -0.384. The van der Waals surface area contributed by atoms with Crippen molar-refractivity contribution >= 4 is 11.6 Å². The molecule has 0 saturated carbocycles. The molecule has 0 aliphatic carbocycles. The number of nitrogens with two attached hydrogens (primary N) is 1. The minimum absolute atomic E-state index is 0.00342. The summed E-state index contributed by atoms with van der Waals surface area (Å²) in [6.07, 6.45) is 0. The van der Waals surface area contributed by atoms with Gasteiger partial charge in [-0.1, -0.05) is 29.8 Å². The Morgan fingerprint density at radius 3 is 2.48 bits per heavy atom. The Hall–Kier alpha value is -2.89. The summed E-state index contributed by atoms with van der Waals surface area (Å²) < 4.78 is 5.54. The van der Waals surface area contributed by atoms with Crippen molar-refractivity contribution in [1.29, 1.82) is 0 Å². The fraction of sp³-hybridized carbons (Fsp3) is 0.133. The lowest BCUT2D eigenvalue weighted by Crippen LogP contribution is -2.13. The van der Waals surface area contributed by atoms with Crippen LogP contribution in [-0.4, -0.2) is 10.8 Å². The van der Waals surface area contributed by atoms with Gasteiger partial charge in [0.05, 0.1) is 10.5 Å². The Morgan fingerprint density at radius 1 is 1.24 bits per heavy atom. The van der Waals surface area contributed by atoms with Gasteiger partial charge in [0.15, 0.2) is 0 Å². The van der Waals surface area contributed by atoms with E-state index in [9.17, 15) is 14.9 Å². The van der Waals surface area contributed by atoms with Crippen LogP contribution in [0.1, 0.15) is 21.5 Å². The fourth-order valence-corrected chi connectivity index (χ4v) is 1.80. The molecule has 0 saturated heterocycles. The third-order valence-corrected chi connectivity index (χ3v) is 2.95. The second-order valence-electron chi connectivity index (χ2n) is 4.58. The van der Waals surface area contributed by atoms with Gasteiger partial charge >= 0.3 is 0 Å². The van der Waals surface area contributed by atoms with Crippen LogP contribution in [-0.2, 0) is 6.61 Å². The number of nitro benzene ring substituents is 1. The molecule has 0 fully saturated rings. The molecule has 0 bridgehead atoms. The van der Waals surface area contributed by atoms with E-state index in [4.69, 9.17) is 10.5 Å². The molecule has 6 heteroatoms. The predicted molar refractivity (Wildman–Crippen MR) is 77.1 cm³/mol. The van der Waals surface area contributed by atoms with Gasteiger partial charge in [0.1, 0.15) is 12.4 Å². The molecule has 0 heterocycles. The van der Waals surface area contributed by atoms with Crippen molar-refractivity contribution in [3.63, 3.8) is 0 Å². The second kappa shape index (κ2) is 6.04. The van der Waals surface area contributed by atoms with Gasteiger partial charge in [-0.25, -0.2) is 0 Å². The molecule has 0 unspecified atom stereocenters. The molecule has 2 aromatic rings. The van der Waals surface area contributed by atoms with Gasteiger partial charge in [0.2, 0.25) is 0 Å². The van der Waals surface area contributed by atoms with Crippen LogP contribution in [0.25, 0.3) is 0 Å². The van der Waals surface area contributed by atoms with Crippen LogP contribution in [0, 0.1) is 17.0 Å². The topological polar surface area (TPSA) is 95.5 Å². The minimum atomic E-state index is -0.766. The maximum atomic E-state index is 11.4. The lowest BCUT2D eigenvalue weighted by Gasteiger charge is -2.09. The molecule has 0 spiro atoms. The van der Waals surface area contributed by atoms with E-state index < -0.39 is 10.8 Å². The zero-order valence-corrected chi connectivity index (χ0v) is 11.4. The summed E-state index contributed by atoms with van der Waals surface area (Å²) in [5.41, 5.74) is 7.08. The average molecular weight is 286 g/mol. The Balaban J connectivity index is 2.21. The number of non-ortho nitro benzene ring substituents is 1. The standard InChI is InChI=1S/C15H14N2O4/c1-10-2-4-11(5-3-10)9-21-14-7-6-12(17(19)20)8-13(14)15(16)18/h2-8H,9H2,1H3,(H2,16,18). The highest BCUT2D eigenvalue weighted by Crippen LogP contribution is 2.24. The highest BCUT2D eigenvalue weighted by Gasteiger charge is 2.15. The molecular formula is C15H14N2O4. The number of nitro groups is 1. The number of benzene rings is 2. The number of rotatable bonds is 5. The number of carbonyl (C=O) groups excluding carboxylic acids is 1. The molecule has 0 aliphatic heterocycles. The highest BCUT2D eigenvalue weighted by atomic mass is 16.6. The van der Waals surface area contributed by atoms with Crippen LogP contribution in [0.15, 0.2) is 42.5 Å². The van der Waals surface area contributed by atoms with Crippen molar-refractivity contribution in [2.75, 3.05) is 0 Å². The number of amides is 1. The molecule has 2 aromatic carbocycles. The maximum Gasteiger partial charge on any atom is 0.270 e. The summed E-state index contributed by atoms with van der Waals surface area (Å²) in [6.45, 7) is 2.23. The van der Waals surface area contributed by atoms with Crippen LogP contribution in [0.3, 0.4) is 0 Å². The van der Waals surface area contributed by atoms with Crippen LogP contribution in [0.4, 0.5) is 5.69 Å². The van der Waals surface area contributed by atoms with Crippen molar-refractivity contribution in [2.45, 2.75) is 13.5 Å². The fourth-order valence-electron chi connectivity index (χ4n) is 1.80. The first-order chi connectivity index (χ1) is 9.97. The van der Waals surface area contributed by atoms with Crippen molar-refractivity contribution in [1.82, 2.24) is 0 Å². The molecule has 0 atom stereocenters. The Labute approximate surface area is 121 Å². The van der Waals surface area contributed by atoms with Gasteiger partial charge < -0.3 is 10.5 Å². The summed E-state index contributed by atoms with van der Waals surface area (Å²) in [5.74, 6) is -0.536. The van der Waals surface area contributed by atoms with Crippen LogP contribution in [0.5, 0.6) is 5.75 Å². The first-order valence-electron chi connectivity index (χ1n) is 6.24. The molecule has 108 valence electrons. The molecular weight excluding hydrogens is 272 g/mol. The normalized spacial score (nSPS) is 10.1. The van der Waals surface area contributed by atoms with E-state index in [1.54, 1.807) is 0 Å². The minimum Gasteiger partial charge on any atom is -0.488 e. The van der Waals surface area contributed by atoms with Crippen LogP contribution < -0.4 is 10.5 Å². The van der Waals surface area contributed by atoms with Crippen LogP contribution >= 0.6 is 0 Å². The highest BCUT2D eigenvalue weighted by molar-refractivity contribution is 5.96. The van der Waals surface area contributed by atoms with E-state index in [-0.39, 0.29) is 23.6 Å². The van der Waals surface area contributed by atoms with Crippen molar-refractivity contribution in [3.8, 4) is 5.75 Å². The molecule has 0 aliphatic rings. The first-order valence-corrected chi connectivity index (χ1v) is 6.24. The number of primary amides is 1. The third kappa shape index (κ3) is 3.56. The molecule has 6 nitrogen and oxygen atoms in total. The van der Waals surface area contributed by atoms with Gasteiger partial charge in [-0.3, -0.25) is 14.9 Å². The smallest absolute Gasteiger partial charge is 0.270 e. The van der Waals surface area contributed by atoms with E-state index in [1.165, 1.54) is 12.1 Å². The average Bonchev–Trinajstić information content (AvgIpc) is 2.46. The third-order valence-electron chi connectivity index (χ3n) is 2.95. The van der Waals surface area contributed by atoms with Gasteiger partial charge in [-0.05, 0) is 18.6 Å². The van der Waals surface area contributed by atoms with Gasteiger partial charge in [0, 0.05) is 12.1 Å². The van der Waals surface area contributed by atoms with Crippen molar-refractivity contribution in [3.05, 3.63) is 69.3 Å². The largest absolute Gasteiger partial charge is 0.488 e. The number of hydrogen-bond acceptors (Lipinski definition) is 4. The molecule has 2 N–H and O–H groups in total. The SMILES string of the molecule is Cc1ccc(COc2ccc([N+](=O)[O-])cc2C(N)=O)cc1. The van der Waals surface area contributed by atoms with Crippen molar-refractivity contribution in [2.24, 2.45) is 5.73 Å².